The van der Waals surface area contributed by atoms with Gasteiger partial charge in [-0.25, -0.2) is 4.79 Å². The minimum absolute atomic E-state index is 0.0752. The van der Waals surface area contributed by atoms with Gasteiger partial charge in [0.1, 0.15) is 12.6 Å². The summed E-state index contributed by atoms with van der Waals surface area (Å²) in [7, 11) is 0. The monoisotopic (exact) mass is 466 g/mol. The van der Waals surface area contributed by atoms with Gasteiger partial charge in [0.25, 0.3) is 0 Å². The van der Waals surface area contributed by atoms with Crippen LogP contribution in [-0.2, 0) is 14.3 Å². The summed E-state index contributed by atoms with van der Waals surface area (Å²) >= 11 is 0. The molecule has 34 heavy (non-hydrogen) atoms. The van der Waals surface area contributed by atoms with Crippen LogP contribution in [0.5, 0.6) is 0 Å². The first-order valence-corrected chi connectivity index (χ1v) is 11.7. The molecule has 2 aromatic rings. The molecule has 1 unspecified atom stereocenters. The summed E-state index contributed by atoms with van der Waals surface area (Å²) in [5.41, 5.74) is 3.33. The van der Waals surface area contributed by atoms with Gasteiger partial charge < -0.3 is 20.5 Å². The summed E-state index contributed by atoms with van der Waals surface area (Å²) in [5.74, 6) is -1.61. The van der Waals surface area contributed by atoms with Crippen LogP contribution >= 0.6 is 0 Å². The van der Waals surface area contributed by atoms with E-state index in [0.717, 1.165) is 22.3 Å². The van der Waals surface area contributed by atoms with E-state index in [1.54, 1.807) is 20.8 Å². The zero-order valence-electron chi connectivity index (χ0n) is 20.4. The van der Waals surface area contributed by atoms with Crippen LogP contribution in [0.2, 0.25) is 0 Å². The molecular formula is C27H34N2O5. The maximum absolute atomic E-state index is 12.9. The second-order valence-corrected chi connectivity index (χ2v) is 9.69. The van der Waals surface area contributed by atoms with Crippen molar-refractivity contribution in [2.75, 3.05) is 6.61 Å². The molecule has 0 bridgehead atoms. The zero-order valence-corrected chi connectivity index (χ0v) is 20.4. The van der Waals surface area contributed by atoms with Crippen molar-refractivity contribution in [3.63, 3.8) is 0 Å². The maximum atomic E-state index is 12.9. The highest BCUT2D eigenvalue weighted by molar-refractivity contribution is 5.87. The van der Waals surface area contributed by atoms with Crippen LogP contribution in [0.1, 0.15) is 58.1 Å². The van der Waals surface area contributed by atoms with E-state index in [4.69, 9.17) is 4.74 Å². The first kappa shape index (κ1) is 25.3. The van der Waals surface area contributed by atoms with Gasteiger partial charge in [-0.2, -0.15) is 0 Å². The first-order valence-electron chi connectivity index (χ1n) is 11.7. The minimum Gasteiger partial charge on any atom is -0.481 e. The topological polar surface area (TPSA) is 105 Å². The van der Waals surface area contributed by atoms with Crippen LogP contribution in [0.3, 0.4) is 0 Å². The average molecular weight is 467 g/mol. The molecule has 0 aromatic heterocycles. The highest BCUT2D eigenvalue weighted by atomic mass is 16.5. The summed E-state index contributed by atoms with van der Waals surface area (Å²) in [6.45, 7) is 8.81. The molecule has 0 saturated carbocycles. The number of hydrogen-bond donors (Lipinski definition) is 3. The number of alkyl carbamates (subject to hydrolysis) is 1. The number of ether oxygens (including phenoxy) is 1. The summed E-state index contributed by atoms with van der Waals surface area (Å²) in [5, 5.41) is 15.1. The van der Waals surface area contributed by atoms with Gasteiger partial charge in [0, 0.05) is 12.0 Å². The smallest absolute Gasteiger partial charge is 0.407 e. The Kier molecular flexibility index (Phi) is 7.64. The molecule has 182 valence electrons. The molecular weight excluding hydrogens is 432 g/mol. The number of carboxylic acid groups (broad SMARTS) is 1. The van der Waals surface area contributed by atoms with E-state index in [-0.39, 0.29) is 18.4 Å². The molecule has 0 fully saturated rings. The highest BCUT2D eigenvalue weighted by Crippen LogP contribution is 2.44. The lowest BCUT2D eigenvalue weighted by molar-refractivity contribution is -0.150. The number of carboxylic acids is 1. The SMILES string of the molecule is CC[C@@H](NC(=O)OCC1c2ccccc2-c2ccccc21)C(=O)NC(C(C)C)C(C)(C)C(=O)O. The van der Waals surface area contributed by atoms with Crippen molar-refractivity contribution in [2.24, 2.45) is 11.3 Å². The highest BCUT2D eigenvalue weighted by Gasteiger charge is 2.40. The number of carbonyl (C=O) groups is 3. The number of benzene rings is 2. The molecule has 3 N–H and O–H groups in total. The number of aliphatic carboxylic acids is 1. The van der Waals surface area contributed by atoms with E-state index in [2.05, 4.69) is 22.8 Å². The molecule has 1 aliphatic rings. The Morgan fingerprint density at radius 3 is 1.97 bits per heavy atom. The normalized spacial score (nSPS) is 14.6. The van der Waals surface area contributed by atoms with E-state index in [9.17, 15) is 19.5 Å². The number of fused-ring (bicyclic) bond motifs is 3. The van der Waals surface area contributed by atoms with Crippen molar-refractivity contribution in [3.05, 3.63) is 59.7 Å². The van der Waals surface area contributed by atoms with Crippen molar-refractivity contribution < 1.29 is 24.2 Å². The van der Waals surface area contributed by atoms with Crippen LogP contribution in [0.15, 0.2) is 48.5 Å². The molecule has 7 nitrogen and oxygen atoms in total. The third-order valence-electron chi connectivity index (χ3n) is 6.65. The van der Waals surface area contributed by atoms with E-state index >= 15 is 0 Å². The molecule has 3 rings (SSSR count). The third-order valence-corrected chi connectivity index (χ3v) is 6.65. The fraction of sp³-hybridized carbons (Fsp3) is 0.444. The number of hydrogen-bond acceptors (Lipinski definition) is 4. The van der Waals surface area contributed by atoms with Crippen molar-refractivity contribution in [1.82, 2.24) is 10.6 Å². The standard InChI is InChI=1S/C27H34N2O5/c1-6-22(24(30)29-23(16(2)3)27(4,5)25(31)32)28-26(33)34-15-21-19-13-9-7-11-17(19)18-12-8-10-14-20(18)21/h7-14,16,21-23H,6,15H2,1-5H3,(H,28,33)(H,29,30)(H,31,32)/t22-,23?/m1/s1. The van der Waals surface area contributed by atoms with Gasteiger partial charge in [0.15, 0.2) is 0 Å². The predicted octanol–water partition coefficient (Wildman–Crippen LogP) is 4.56. The fourth-order valence-corrected chi connectivity index (χ4v) is 4.70. The molecule has 2 amide bonds. The van der Waals surface area contributed by atoms with Crippen LogP contribution in [0.25, 0.3) is 11.1 Å². The van der Waals surface area contributed by atoms with Gasteiger partial charge in [0.2, 0.25) is 5.91 Å². The molecule has 2 aromatic carbocycles. The van der Waals surface area contributed by atoms with Gasteiger partial charge in [-0.05, 0) is 48.4 Å². The number of nitrogens with one attached hydrogen (secondary N) is 2. The van der Waals surface area contributed by atoms with Crippen LogP contribution in [-0.4, -0.2) is 41.8 Å². The lowest BCUT2D eigenvalue weighted by Crippen LogP contribution is -2.56. The summed E-state index contributed by atoms with van der Waals surface area (Å²) in [4.78, 5) is 37.2. The number of rotatable bonds is 9. The second kappa shape index (κ2) is 10.3. The van der Waals surface area contributed by atoms with Crippen molar-refractivity contribution in [3.8, 4) is 11.1 Å². The van der Waals surface area contributed by atoms with Crippen LogP contribution in [0.4, 0.5) is 4.79 Å². The Hall–Kier alpha value is -3.35. The van der Waals surface area contributed by atoms with Crippen LogP contribution in [0, 0.1) is 11.3 Å². The Bertz CT molecular complexity index is 1020. The van der Waals surface area contributed by atoms with Crippen LogP contribution < -0.4 is 10.6 Å². The number of carbonyl (C=O) groups excluding carboxylic acids is 2. The number of amides is 2. The van der Waals surface area contributed by atoms with Gasteiger partial charge in [-0.3, -0.25) is 9.59 Å². The van der Waals surface area contributed by atoms with E-state index in [0.29, 0.717) is 6.42 Å². The summed E-state index contributed by atoms with van der Waals surface area (Å²) < 4.78 is 5.56. The summed E-state index contributed by atoms with van der Waals surface area (Å²) in [6, 6.07) is 14.7. The Morgan fingerprint density at radius 2 is 1.50 bits per heavy atom. The Labute approximate surface area is 200 Å². The lowest BCUT2D eigenvalue weighted by Gasteiger charge is -2.35. The Morgan fingerprint density at radius 1 is 0.971 bits per heavy atom. The molecule has 0 heterocycles. The van der Waals surface area contributed by atoms with Crippen molar-refractivity contribution >= 4 is 18.0 Å². The predicted molar refractivity (Wildman–Crippen MR) is 130 cm³/mol. The quantitative estimate of drug-likeness (QED) is 0.503. The molecule has 2 atom stereocenters. The average Bonchev–Trinajstić information content (AvgIpc) is 3.12. The summed E-state index contributed by atoms with van der Waals surface area (Å²) in [6.07, 6.45) is -0.337. The van der Waals surface area contributed by atoms with Gasteiger partial charge >= 0.3 is 12.1 Å². The van der Waals surface area contributed by atoms with Gasteiger partial charge in [0.05, 0.1) is 5.41 Å². The zero-order chi connectivity index (χ0) is 25.0. The van der Waals surface area contributed by atoms with E-state index in [1.165, 1.54) is 0 Å². The molecule has 0 saturated heterocycles. The van der Waals surface area contributed by atoms with Gasteiger partial charge in [-0.15, -0.1) is 0 Å². The van der Waals surface area contributed by atoms with Crippen molar-refractivity contribution in [2.45, 2.75) is 59.0 Å². The molecule has 0 radical (unpaired) electrons. The third kappa shape index (κ3) is 5.08. The first-order chi connectivity index (χ1) is 16.1. The minimum atomic E-state index is -1.16. The fourth-order valence-electron chi connectivity index (χ4n) is 4.70. The van der Waals surface area contributed by atoms with E-state index < -0.39 is 35.5 Å². The molecule has 7 heteroatoms. The molecule has 0 aliphatic heterocycles. The van der Waals surface area contributed by atoms with Gasteiger partial charge in [-0.1, -0.05) is 69.3 Å². The second-order valence-electron chi connectivity index (χ2n) is 9.69. The van der Waals surface area contributed by atoms with Crippen molar-refractivity contribution in [1.29, 1.82) is 0 Å². The lowest BCUT2D eigenvalue weighted by atomic mass is 9.78. The Balaban J connectivity index is 1.65. The van der Waals surface area contributed by atoms with E-state index in [1.807, 2.05) is 50.2 Å². The molecule has 0 spiro atoms. The maximum Gasteiger partial charge on any atom is 0.407 e. The molecule has 1 aliphatic carbocycles. The largest absolute Gasteiger partial charge is 0.481 e.